The quantitative estimate of drug-likeness (QED) is 0.670. The highest BCUT2D eigenvalue weighted by Crippen LogP contribution is 2.11. The van der Waals surface area contributed by atoms with Gasteiger partial charge in [0.1, 0.15) is 0 Å². The molecule has 0 saturated heterocycles. The average molecular weight is 368 g/mol. The molecule has 0 atom stereocenters. The third-order valence-corrected chi connectivity index (χ3v) is 3.89. The molecule has 132 valence electrons. The predicted molar refractivity (Wildman–Crippen MR) is 101 cm³/mol. The zero-order valence-electron chi connectivity index (χ0n) is 14.0. The minimum absolute atomic E-state index is 0.235. The van der Waals surface area contributed by atoms with E-state index in [1.165, 1.54) is 12.4 Å². The number of aromatic nitrogens is 3. The molecule has 0 fully saturated rings. The first-order valence-corrected chi connectivity index (χ1v) is 8.57. The zero-order chi connectivity index (χ0) is 18.2. The number of amides is 1. The molecule has 0 aliphatic rings. The number of halogens is 1. The lowest BCUT2D eigenvalue weighted by Gasteiger charge is -2.07. The van der Waals surface area contributed by atoms with Gasteiger partial charge in [-0.05, 0) is 36.2 Å². The number of rotatable bonds is 7. The number of pyridine rings is 1. The van der Waals surface area contributed by atoms with Crippen molar-refractivity contribution in [3.05, 3.63) is 82.9 Å². The molecule has 26 heavy (non-hydrogen) atoms. The average Bonchev–Trinajstić information content (AvgIpc) is 2.67. The second-order valence-electron chi connectivity index (χ2n) is 5.61. The Balaban J connectivity index is 1.47. The van der Waals surface area contributed by atoms with Crippen molar-refractivity contribution in [2.45, 2.75) is 13.0 Å². The summed E-state index contributed by atoms with van der Waals surface area (Å²) in [5, 5.41) is 6.64. The third kappa shape index (κ3) is 5.26. The first-order valence-electron chi connectivity index (χ1n) is 8.19. The van der Waals surface area contributed by atoms with Gasteiger partial charge in [-0.3, -0.25) is 9.78 Å². The van der Waals surface area contributed by atoms with E-state index in [1.807, 2.05) is 42.5 Å². The van der Waals surface area contributed by atoms with Crippen molar-refractivity contribution in [3.63, 3.8) is 0 Å². The van der Waals surface area contributed by atoms with E-state index < -0.39 is 0 Å². The molecule has 6 nitrogen and oxygen atoms in total. The summed E-state index contributed by atoms with van der Waals surface area (Å²) < 4.78 is 0. The lowest BCUT2D eigenvalue weighted by Crippen LogP contribution is -2.23. The highest BCUT2D eigenvalue weighted by Gasteiger charge is 2.07. The van der Waals surface area contributed by atoms with Crippen molar-refractivity contribution < 1.29 is 4.79 Å². The Bertz CT molecular complexity index is 855. The Morgan fingerprint density at radius 1 is 1.04 bits per heavy atom. The van der Waals surface area contributed by atoms with Gasteiger partial charge < -0.3 is 10.6 Å². The molecule has 0 spiro atoms. The van der Waals surface area contributed by atoms with Gasteiger partial charge in [-0.15, -0.1) is 0 Å². The van der Waals surface area contributed by atoms with Crippen LogP contribution in [-0.4, -0.2) is 27.4 Å². The number of benzene rings is 1. The molecule has 0 unspecified atom stereocenters. The Morgan fingerprint density at radius 2 is 1.88 bits per heavy atom. The number of hydrogen-bond acceptors (Lipinski definition) is 5. The summed E-state index contributed by atoms with van der Waals surface area (Å²) in [5.41, 5.74) is 2.33. The van der Waals surface area contributed by atoms with Crippen LogP contribution in [-0.2, 0) is 13.0 Å². The predicted octanol–water partition coefficient (Wildman–Crippen LogP) is 3.11. The van der Waals surface area contributed by atoms with E-state index >= 15 is 0 Å². The smallest absolute Gasteiger partial charge is 0.254 e. The van der Waals surface area contributed by atoms with Crippen molar-refractivity contribution in [2.75, 3.05) is 11.9 Å². The molecule has 0 aliphatic heterocycles. The largest absolute Gasteiger partial charge is 0.354 e. The van der Waals surface area contributed by atoms with Gasteiger partial charge in [-0.2, -0.15) is 0 Å². The standard InChI is InChI=1S/C19H18ClN5O/c20-16-5-3-4-14(10-16)7-9-22-19-24-11-15(12-25-19)18(26)23-13-17-6-1-2-8-21-17/h1-6,8,10-12H,7,9,13H2,(H,23,26)(H,22,24,25). The number of anilines is 1. The maximum Gasteiger partial charge on any atom is 0.254 e. The maximum absolute atomic E-state index is 12.1. The SMILES string of the molecule is O=C(NCc1ccccn1)c1cnc(NCCc2cccc(Cl)c2)nc1. The second kappa shape index (κ2) is 8.92. The molecule has 7 heteroatoms. The number of nitrogens with one attached hydrogen (secondary N) is 2. The molecule has 1 aromatic carbocycles. The molecule has 0 radical (unpaired) electrons. The van der Waals surface area contributed by atoms with Crippen LogP contribution >= 0.6 is 11.6 Å². The normalized spacial score (nSPS) is 10.3. The molecule has 3 rings (SSSR count). The number of hydrogen-bond donors (Lipinski definition) is 2. The number of nitrogens with zero attached hydrogens (tertiary/aromatic N) is 3. The summed E-state index contributed by atoms with van der Waals surface area (Å²) in [7, 11) is 0. The molecule has 2 N–H and O–H groups in total. The summed E-state index contributed by atoms with van der Waals surface area (Å²) in [6.45, 7) is 1.03. The zero-order valence-corrected chi connectivity index (χ0v) is 14.8. The Kier molecular flexibility index (Phi) is 6.11. The highest BCUT2D eigenvalue weighted by atomic mass is 35.5. The molecule has 1 amide bonds. The Morgan fingerprint density at radius 3 is 2.62 bits per heavy atom. The molecule has 2 aromatic heterocycles. The van der Waals surface area contributed by atoms with Gasteiger partial charge >= 0.3 is 0 Å². The number of carbonyl (C=O) groups excluding carboxylic acids is 1. The van der Waals surface area contributed by atoms with Gasteiger partial charge in [0.15, 0.2) is 0 Å². The van der Waals surface area contributed by atoms with E-state index in [2.05, 4.69) is 25.6 Å². The summed E-state index contributed by atoms with van der Waals surface area (Å²) in [6.07, 6.45) is 5.50. The van der Waals surface area contributed by atoms with Gasteiger partial charge in [-0.1, -0.05) is 29.8 Å². The van der Waals surface area contributed by atoms with E-state index in [9.17, 15) is 4.79 Å². The van der Waals surface area contributed by atoms with Crippen molar-refractivity contribution in [1.82, 2.24) is 20.3 Å². The molecule has 0 aliphatic carbocycles. The van der Waals surface area contributed by atoms with Gasteiger partial charge in [0.25, 0.3) is 5.91 Å². The minimum atomic E-state index is -0.235. The summed E-state index contributed by atoms with van der Waals surface area (Å²) in [4.78, 5) is 24.6. The fourth-order valence-corrected chi connectivity index (χ4v) is 2.54. The lowest BCUT2D eigenvalue weighted by molar-refractivity contribution is 0.0949. The van der Waals surface area contributed by atoms with E-state index in [1.54, 1.807) is 6.20 Å². The van der Waals surface area contributed by atoms with Gasteiger partial charge in [0, 0.05) is 30.2 Å². The summed E-state index contributed by atoms with van der Waals surface area (Å²) >= 11 is 5.97. The van der Waals surface area contributed by atoms with Gasteiger partial charge in [0.2, 0.25) is 5.95 Å². The Labute approximate surface area is 156 Å². The van der Waals surface area contributed by atoms with Crippen LogP contribution in [0, 0.1) is 0 Å². The fourth-order valence-electron chi connectivity index (χ4n) is 2.32. The first-order chi connectivity index (χ1) is 12.7. The van der Waals surface area contributed by atoms with Crippen LogP contribution < -0.4 is 10.6 Å². The van der Waals surface area contributed by atoms with Crippen LogP contribution in [0.5, 0.6) is 0 Å². The van der Waals surface area contributed by atoms with Gasteiger partial charge in [-0.25, -0.2) is 9.97 Å². The van der Waals surface area contributed by atoms with Crippen LogP contribution in [0.3, 0.4) is 0 Å². The molecular weight excluding hydrogens is 350 g/mol. The fraction of sp³-hybridized carbons (Fsp3) is 0.158. The molecule has 0 saturated carbocycles. The minimum Gasteiger partial charge on any atom is -0.354 e. The number of carbonyl (C=O) groups is 1. The second-order valence-corrected chi connectivity index (χ2v) is 6.04. The third-order valence-electron chi connectivity index (χ3n) is 3.66. The van der Waals surface area contributed by atoms with Crippen LogP contribution in [0.4, 0.5) is 5.95 Å². The van der Waals surface area contributed by atoms with Gasteiger partial charge in [0.05, 0.1) is 17.8 Å². The Hall–Kier alpha value is -2.99. The van der Waals surface area contributed by atoms with Crippen molar-refractivity contribution in [3.8, 4) is 0 Å². The van der Waals surface area contributed by atoms with E-state index in [-0.39, 0.29) is 5.91 Å². The van der Waals surface area contributed by atoms with Crippen LogP contribution in [0.15, 0.2) is 61.1 Å². The van der Waals surface area contributed by atoms with Crippen molar-refractivity contribution in [1.29, 1.82) is 0 Å². The molecular formula is C19H18ClN5O. The van der Waals surface area contributed by atoms with E-state index in [0.29, 0.717) is 24.6 Å². The molecule has 2 heterocycles. The van der Waals surface area contributed by atoms with Crippen molar-refractivity contribution >= 4 is 23.5 Å². The van der Waals surface area contributed by atoms with E-state index in [4.69, 9.17) is 11.6 Å². The highest BCUT2D eigenvalue weighted by molar-refractivity contribution is 6.30. The van der Waals surface area contributed by atoms with Crippen LogP contribution in [0.1, 0.15) is 21.6 Å². The van der Waals surface area contributed by atoms with Crippen LogP contribution in [0.2, 0.25) is 5.02 Å². The summed E-state index contributed by atoms with van der Waals surface area (Å²) in [6, 6.07) is 13.3. The van der Waals surface area contributed by atoms with E-state index in [0.717, 1.165) is 22.7 Å². The summed E-state index contributed by atoms with van der Waals surface area (Å²) in [5.74, 6) is 0.245. The maximum atomic E-state index is 12.1. The lowest BCUT2D eigenvalue weighted by atomic mass is 10.1. The first kappa shape index (κ1) is 17.8. The topological polar surface area (TPSA) is 79.8 Å². The molecule has 0 bridgehead atoms. The molecule has 3 aromatic rings. The monoisotopic (exact) mass is 367 g/mol. The van der Waals surface area contributed by atoms with Crippen molar-refractivity contribution in [2.24, 2.45) is 0 Å². The van der Waals surface area contributed by atoms with Crippen LogP contribution in [0.25, 0.3) is 0 Å².